The van der Waals surface area contributed by atoms with Crippen LogP contribution in [0, 0.1) is 11.6 Å². The van der Waals surface area contributed by atoms with Crippen LogP contribution < -0.4 is 11.1 Å². The molecule has 0 aliphatic carbocycles. The Kier molecular flexibility index (Phi) is 4.65. The molecule has 1 aliphatic heterocycles. The second-order valence-corrected chi connectivity index (χ2v) is 7.61. The summed E-state index contributed by atoms with van der Waals surface area (Å²) < 4.78 is 30.1. The van der Waals surface area contributed by atoms with Crippen molar-refractivity contribution in [2.75, 3.05) is 5.32 Å². The molecule has 7 nitrogen and oxygen atoms in total. The van der Waals surface area contributed by atoms with E-state index in [0.717, 1.165) is 12.3 Å². The predicted molar refractivity (Wildman–Crippen MR) is 107 cm³/mol. The third kappa shape index (κ3) is 3.63. The number of amides is 1. The maximum Gasteiger partial charge on any atom is 0.274 e. The third-order valence-corrected chi connectivity index (χ3v) is 4.97. The number of nitrogens with one attached hydrogen (secondary N) is 1. The molecule has 1 unspecified atom stereocenters. The summed E-state index contributed by atoms with van der Waals surface area (Å²) in [6, 6.07) is 6.59. The highest BCUT2D eigenvalue weighted by molar-refractivity contribution is 9.10. The SMILES string of the molecule is CC1(c2cc(NC(=O)c3ccc(F)cn3)ccc2F)Cn2cc(Br)nc2C(N)=N1. The molecule has 1 atom stereocenters. The Labute approximate surface area is 172 Å². The standard InChI is InChI=1S/C19H15BrF2N6O/c1-19(9-28-8-15(20)26-17(28)16(23)27-19)12-6-11(3-4-13(12)22)25-18(29)14-5-2-10(21)7-24-14/h2-8H,9H2,1H3,(H2,23,27)(H,25,29). The van der Waals surface area contributed by atoms with Crippen LogP contribution in [-0.4, -0.2) is 26.3 Å². The topological polar surface area (TPSA) is 98.2 Å². The highest BCUT2D eigenvalue weighted by Gasteiger charge is 2.35. The van der Waals surface area contributed by atoms with Gasteiger partial charge in [0.2, 0.25) is 0 Å². The minimum atomic E-state index is -1.00. The zero-order valence-electron chi connectivity index (χ0n) is 15.2. The van der Waals surface area contributed by atoms with E-state index in [9.17, 15) is 13.6 Å². The van der Waals surface area contributed by atoms with Gasteiger partial charge in [0, 0.05) is 17.4 Å². The number of imidazole rings is 1. The van der Waals surface area contributed by atoms with E-state index < -0.39 is 23.1 Å². The first-order valence-electron chi connectivity index (χ1n) is 8.56. The number of nitrogens with two attached hydrogens (primary N) is 1. The second kappa shape index (κ2) is 7.03. The molecule has 0 radical (unpaired) electrons. The summed E-state index contributed by atoms with van der Waals surface area (Å²) in [4.78, 5) is 24.8. The van der Waals surface area contributed by atoms with Crippen molar-refractivity contribution >= 4 is 33.4 Å². The second-order valence-electron chi connectivity index (χ2n) is 6.80. The molecule has 0 saturated heterocycles. The summed E-state index contributed by atoms with van der Waals surface area (Å²) >= 11 is 3.30. The van der Waals surface area contributed by atoms with E-state index >= 15 is 0 Å². The number of fused-ring (bicyclic) bond motifs is 1. The van der Waals surface area contributed by atoms with Gasteiger partial charge in [-0.25, -0.2) is 18.7 Å². The number of carbonyl (C=O) groups excluding carboxylic acids is 1. The van der Waals surface area contributed by atoms with E-state index in [-0.39, 0.29) is 17.1 Å². The van der Waals surface area contributed by atoms with Gasteiger partial charge in [-0.1, -0.05) is 0 Å². The highest BCUT2D eigenvalue weighted by Crippen LogP contribution is 2.35. The van der Waals surface area contributed by atoms with Crippen LogP contribution in [0.25, 0.3) is 0 Å². The maximum atomic E-state index is 14.7. The molecule has 3 N–H and O–H groups in total. The van der Waals surface area contributed by atoms with Crippen LogP contribution in [0.1, 0.15) is 28.8 Å². The van der Waals surface area contributed by atoms with Gasteiger partial charge >= 0.3 is 0 Å². The van der Waals surface area contributed by atoms with Crippen molar-refractivity contribution in [1.29, 1.82) is 0 Å². The van der Waals surface area contributed by atoms with Gasteiger partial charge in [-0.15, -0.1) is 0 Å². The van der Waals surface area contributed by atoms with E-state index in [0.29, 0.717) is 22.7 Å². The third-order valence-electron chi connectivity index (χ3n) is 4.59. The van der Waals surface area contributed by atoms with E-state index in [2.05, 4.69) is 36.2 Å². The van der Waals surface area contributed by atoms with Crippen LogP contribution in [0.5, 0.6) is 0 Å². The number of pyridine rings is 1. The summed E-state index contributed by atoms with van der Waals surface area (Å²) in [6.45, 7) is 2.07. The summed E-state index contributed by atoms with van der Waals surface area (Å²) in [5.41, 5.74) is 5.70. The zero-order valence-corrected chi connectivity index (χ0v) is 16.7. The molecule has 1 aliphatic rings. The average molecular weight is 461 g/mol. The van der Waals surface area contributed by atoms with Gasteiger partial charge in [-0.05, 0) is 53.2 Å². The Morgan fingerprint density at radius 2 is 2.10 bits per heavy atom. The number of amidine groups is 1. The van der Waals surface area contributed by atoms with Gasteiger partial charge in [0.25, 0.3) is 5.91 Å². The van der Waals surface area contributed by atoms with E-state index in [1.165, 1.54) is 24.3 Å². The van der Waals surface area contributed by atoms with Gasteiger partial charge in [-0.3, -0.25) is 9.79 Å². The number of carbonyl (C=O) groups is 1. The van der Waals surface area contributed by atoms with Crippen LogP contribution in [0.2, 0.25) is 0 Å². The monoisotopic (exact) mass is 460 g/mol. The largest absolute Gasteiger partial charge is 0.381 e. The van der Waals surface area contributed by atoms with Crippen LogP contribution in [0.3, 0.4) is 0 Å². The quantitative estimate of drug-likeness (QED) is 0.626. The fraction of sp³-hybridized carbons (Fsp3) is 0.158. The number of hydrogen-bond acceptors (Lipinski definition) is 5. The first kappa shape index (κ1) is 19.2. The summed E-state index contributed by atoms with van der Waals surface area (Å²) in [7, 11) is 0. The van der Waals surface area contributed by atoms with Gasteiger partial charge < -0.3 is 15.6 Å². The molecule has 1 amide bonds. The number of aliphatic imine (C=N–C) groups is 1. The zero-order chi connectivity index (χ0) is 20.8. The predicted octanol–water partition coefficient (Wildman–Crippen LogP) is 3.21. The molecule has 0 saturated carbocycles. The normalized spacial score (nSPS) is 18.1. The van der Waals surface area contributed by atoms with Crippen LogP contribution >= 0.6 is 15.9 Å². The Morgan fingerprint density at radius 1 is 1.31 bits per heavy atom. The molecule has 3 aromatic rings. The number of benzene rings is 1. The van der Waals surface area contributed by atoms with Crippen molar-refractivity contribution in [3.8, 4) is 0 Å². The fourth-order valence-electron chi connectivity index (χ4n) is 3.26. The molecule has 4 rings (SSSR count). The van der Waals surface area contributed by atoms with Gasteiger partial charge in [0.15, 0.2) is 11.7 Å². The molecular formula is C19H15BrF2N6O. The number of nitrogens with zero attached hydrogens (tertiary/aromatic N) is 4. The molecule has 0 spiro atoms. The Bertz CT molecular complexity index is 1140. The molecule has 29 heavy (non-hydrogen) atoms. The highest BCUT2D eigenvalue weighted by atomic mass is 79.9. The van der Waals surface area contributed by atoms with Crippen LogP contribution in [0.15, 0.2) is 52.3 Å². The van der Waals surface area contributed by atoms with E-state index in [4.69, 9.17) is 5.73 Å². The molecule has 148 valence electrons. The van der Waals surface area contributed by atoms with Crippen molar-refractivity contribution in [3.63, 3.8) is 0 Å². The minimum absolute atomic E-state index is 0.0383. The lowest BCUT2D eigenvalue weighted by Gasteiger charge is -2.31. The van der Waals surface area contributed by atoms with Crippen molar-refractivity contribution in [3.05, 3.63) is 76.0 Å². The molecule has 10 heteroatoms. The van der Waals surface area contributed by atoms with Crippen molar-refractivity contribution in [1.82, 2.24) is 14.5 Å². The average Bonchev–Trinajstić information content (AvgIpc) is 3.04. The van der Waals surface area contributed by atoms with E-state index in [1.807, 2.05) is 0 Å². The maximum absolute atomic E-state index is 14.7. The van der Waals surface area contributed by atoms with Crippen LogP contribution in [0.4, 0.5) is 14.5 Å². The van der Waals surface area contributed by atoms with Gasteiger partial charge in [0.05, 0.1) is 12.7 Å². The van der Waals surface area contributed by atoms with Crippen molar-refractivity contribution in [2.45, 2.75) is 19.0 Å². The Balaban J connectivity index is 1.66. The molecule has 3 heterocycles. The molecule has 1 aromatic carbocycles. The van der Waals surface area contributed by atoms with Crippen LogP contribution in [-0.2, 0) is 12.1 Å². The molecule has 0 fully saturated rings. The first-order chi connectivity index (χ1) is 13.7. The summed E-state index contributed by atoms with van der Waals surface area (Å²) in [5, 5.41) is 2.64. The van der Waals surface area contributed by atoms with Crippen molar-refractivity contribution < 1.29 is 13.6 Å². The molecule has 2 aromatic heterocycles. The Hall–Kier alpha value is -3.14. The van der Waals surface area contributed by atoms with Crippen molar-refractivity contribution in [2.24, 2.45) is 10.7 Å². The number of hydrogen-bond donors (Lipinski definition) is 2. The molecular weight excluding hydrogens is 446 g/mol. The number of rotatable bonds is 3. The van der Waals surface area contributed by atoms with Gasteiger partial charge in [0.1, 0.15) is 27.5 Å². The van der Waals surface area contributed by atoms with Gasteiger partial charge in [-0.2, -0.15) is 0 Å². The minimum Gasteiger partial charge on any atom is -0.381 e. The number of halogens is 3. The lowest BCUT2D eigenvalue weighted by molar-refractivity contribution is 0.102. The smallest absolute Gasteiger partial charge is 0.274 e. The summed E-state index contributed by atoms with van der Waals surface area (Å²) in [6.07, 6.45) is 2.70. The van der Waals surface area contributed by atoms with E-state index in [1.54, 1.807) is 17.7 Å². The fourth-order valence-corrected chi connectivity index (χ4v) is 3.67. The number of anilines is 1. The lowest BCUT2D eigenvalue weighted by atomic mass is 9.90. The first-order valence-corrected chi connectivity index (χ1v) is 9.36. The lowest BCUT2D eigenvalue weighted by Crippen LogP contribution is -2.37. The number of aromatic nitrogens is 3. The Morgan fingerprint density at radius 3 is 2.83 bits per heavy atom. The summed E-state index contributed by atoms with van der Waals surface area (Å²) in [5.74, 6) is -0.878. The molecule has 0 bridgehead atoms.